The molecule has 4 nitrogen and oxygen atoms in total. The summed E-state index contributed by atoms with van der Waals surface area (Å²) in [6.07, 6.45) is 0.638. The third kappa shape index (κ3) is 3.24. The molecule has 1 amide bonds. The van der Waals surface area contributed by atoms with Gasteiger partial charge in [0, 0.05) is 13.6 Å². The molecule has 0 fully saturated rings. The summed E-state index contributed by atoms with van der Waals surface area (Å²) in [4.78, 5) is 13.3. The summed E-state index contributed by atoms with van der Waals surface area (Å²) in [5.41, 5.74) is 6.63. The molecule has 0 aliphatic carbocycles. The SMILES string of the molecule is CC[C@H](N)C(=O)N(C)Cc1ccc(O)cc1. The van der Waals surface area contributed by atoms with Gasteiger partial charge in [0.05, 0.1) is 6.04 Å². The Hall–Kier alpha value is -1.55. The molecule has 0 aliphatic heterocycles. The Morgan fingerprint density at radius 1 is 1.44 bits per heavy atom. The molecular weight excluding hydrogens is 204 g/mol. The first kappa shape index (κ1) is 12.5. The van der Waals surface area contributed by atoms with Gasteiger partial charge in [-0.25, -0.2) is 0 Å². The topological polar surface area (TPSA) is 66.6 Å². The molecule has 0 radical (unpaired) electrons. The first-order chi connectivity index (χ1) is 7.54. The van der Waals surface area contributed by atoms with Crippen LogP contribution < -0.4 is 5.73 Å². The van der Waals surface area contributed by atoms with E-state index in [1.807, 2.05) is 6.92 Å². The maximum absolute atomic E-state index is 11.7. The Morgan fingerprint density at radius 3 is 2.50 bits per heavy atom. The highest BCUT2D eigenvalue weighted by Crippen LogP contribution is 2.11. The summed E-state index contributed by atoms with van der Waals surface area (Å²) in [6, 6.07) is 6.36. The molecule has 0 saturated carbocycles. The summed E-state index contributed by atoms with van der Waals surface area (Å²) in [5, 5.41) is 9.13. The highest BCUT2D eigenvalue weighted by molar-refractivity contribution is 5.81. The maximum atomic E-state index is 11.7. The van der Waals surface area contributed by atoms with Crippen molar-refractivity contribution in [2.75, 3.05) is 7.05 Å². The molecule has 88 valence electrons. The van der Waals surface area contributed by atoms with Crippen LogP contribution in [-0.4, -0.2) is 29.0 Å². The second kappa shape index (κ2) is 5.51. The number of amides is 1. The predicted molar refractivity (Wildman–Crippen MR) is 62.8 cm³/mol. The van der Waals surface area contributed by atoms with E-state index >= 15 is 0 Å². The number of carbonyl (C=O) groups excluding carboxylic acids is 1. The summed E-state index contributed by atoms with van der Waals surface area (Å²) >= 11 is 0. The predicted octanol–water partition coefficient (Wildman–Crippen LogP) is 1.09. The number of nitrogens with two attached hydrogens (primary N) is 1. The van der Waals surface area contributed by atoms with Gasteiger partial charge in [0.2, 0.25) is 5.91 Å². The molecule has 0 bridgehead atoms. The zero-order chi connectivity index (χ0) is 12.1. The van der Waals surface area contributed by atoms with Gasteiger partial charge in [-0.3, -0.25) is 4.79 Å². The number of hydrogen-bond donors (Lipinski definition) is 2. The Balaban J connectivity index is 2.60. The normalized spacial score (nSPS) is 12.2. The highest BCUT2D eigenvalue weighted by Gasteiger charge is 2.15. The molecule has 16 heavy (non-hydrogen) atoms. The number of likely N-dealkylation sites (N-methyl/N-ethyl adjacent to an activating group) is 1. The molecule has 1 rings (SSSR count). The first-order valence-corrected chi connectivity index (χ1v) is 5.33. The average molecular weight is 222 g/mol. The van der Waals surface area contributed by atoms with Crippen molar-refractivity contribution < 1.29 is 9.90 Å². The molecule has 0 saturated heterocycles. The number of nitrogens with zero attached hydrogens (tertiary/aromatic N) is 1. The molecule has 0 aromatic heterocycles. The molecule has 4 heteroatoms. The lowest BCUT2D eigenvalue weighted by Gasteiger charge is -2.20. The van der Waals surface area contributed by atoms with Gasteiger partial charge in [0.1, 0.15) is 5.75 Å². The Kier molecular flexibility index (Phi) is 4.31. The fraction of sp³-hybridized carbons (Fsp3) is 0.417. The molecular formula is C12H18N2O2. The van der Waals surface area contributed by atoms with Crippen LogP contribution in [0.5, 0.6) is 5.75 Å². The number of phenols is 1. The van der Waals surface area contributed by atoms with E-state index in [-0.39, 0.29) is 11.7 Å². The fourth-order valence-corrected chi connectivity index (χ4v) is 1.41. The van der Waals surface area contributed by atoms with E-state index in [2.05, 4.69) is 0 Å². The van der Waals surface area contributed by atoms with Gasteiger partial charge < -0.3 is 15.7 Å². The number of phenolic OH excluding ortho intramolecular Hbond substituents is 1. The summed E-state index contributed by atoms with van der Waals surface area (Å²) in [7, 11) is 1.73. The Morgan fingerprint density at radius 2 is 2.00 bits per heavy atom. The minimum Gasteiger partial charge on any atom is -0.508 e. The zero-order valence-electron chi connectivity index (χ0n) is 9.68. The van der Waals surface area contributed by atoms with Gasteiger partial charge in [-0.05, 0) is 24.1 Å². The van der Waals surface area contributed by atoms with Crippen LogP contribution in [0.25, 0.3) is 0 Å². The van der Waals surface area contributed by atoms with Crippen molar-refractivity contribution in [1.82, 2.24) is 4.90 Å². The van der Waals surface area contributed by atoms with Crippen LogP contribution in [0.2, 0.25) is 0 Å². The monoisotopic (exact) mass is 222 g/mol. The molecule has 3 N–H and O–H groups in total. The van der Waals surface area contributed by atoms with Gasteiger partial charge in [-0.1, -0.05) is 19.1 Å². The maximum Gasteiger partial charge on any atom is 0.239 e. The lowest BCUT2D eigenvalue weighted by atomic mass is 10.1. The van der Waals surface area contributed by atoms with E-state index in [4.69, 9.17) is 10.8 Å². The molecule has 0 unspecified atom stereocenters. The van der Waals surface area contributed by atoms with Crippen molar-refractivity contribution in [3.05, 3.63) is 29.8 Å². The van der Waals surface area contributed by atoms with Gasteiger partial charge in [-0.2, -0.15) is 0 Å². The van der Waals surface area contributed by atoms with E-state index in [0.717, 1.165) is 5.56 Å². The summed E-state index contributed by atoms with van der Waals surface area (Å²) < 4.78 is 0. The van der Waals surface area contributed by atoms with Crippen molar-refractivity contribution in [3.8, 4) is 5.75 Å². The van der Waals surface area contributed by atoms with Crippen molar-refractivity contribution in [2.45, 2.75) is 25.9 Å². The second-order valence-electron chi connectivity index (χ2n) is 3.88. The lowest BCUT2D eigenvalue weighted by molar-refractivity contribution is -0.131. The summed E-state index contributed by atoms with van der Waals surface area (Å²) in [6.45, 7) is 2.39. The smallest absolute Gasteiger partial charge is 0.239 e. The third-order valence-corrected chi connectivity index (χ3v) is 2.49. The quantitative estimate of drug-likeness (QED) is 0.801. The Bertz CT molecular complexity index is 349. The van der Waals surface area contributed by atoms with Crippen molar-refractivity contribution in [3.63, 3.8) is 0 Å². The van der Waals surface area contributed by atoms with Gasteiger partial charge in [0.25, 0.3) is 0 Å². The number of benzene rings is 1. The van der Waals surface area contributed by atoms with Crippen LogP contribution in [0, 0.1) is 0 Å². The van der Waals surface area contributed by atoms with Crippen LogP contribution in [0.15, 0.2) is 24.3 Å². The molecule has 1 aromatic carbocycles. The second-order valence-corrected chi connectivity index (χ2v) is 3.88. The number of aromatic hydroxyl groups is 1. The fourth-order valence-electron chi connectivity index (χ4n) is 1.41. The zero-order valence-corrected chi connectivity index (χ0v) is 9.68. The Labute approximate surface area is 95.7 Å². The standard InChI is InChI=1S/C12H18N2O2/c1-3-11(13)12(16)14(2)8-9-4-6-10(15)7-5-9/h4-7,11,15H,3,8,13H2,1-2H3/t11-/m0/s1. The molecule has 0 spiro atoms. The van der Waals surface area contributed by atoms with Crippen molar-refractivity contribution in [2.24, 2.45) is 5.73 Å². The highest BCUT2D eigenvalue weighted by atomic mass is 16.3. The average Bonchev–Trinajstić information content (AvgIpc) is 2.30. The molecule has 1 aromatic rings. The van der Waals surface area contributed by atoms with Crippen LogP contribution in [0.3, 0.4) is 0 Å². The van der Waals surface area contributed by atoms with Crippen molar-refractivity contribution in [1.29, 1.82) is 0 Å². The van der Waals surface area contributed by atoms with Gasteiger partial charge in [-0.15, -0.1) is 0 Å². The first-order valence-electron chi connectivity index (χ1n) is 5.33. The van der Waals surface area contributed by atoms with E-state index in [1.165, 1.54) is 0 Å². The van der Waals surface area contributed by atoms with Gasteiger partial charge >= 0.3 is 0 Å². The molecule has 0 aliphatic rings. The van der Waals surface area contributed by atoms with E-state index < -0.39 is 6.04 Å². The van der Waals surface area contributed by atoms with E-state index in [0.29, 0.717) is 13.0 Å². The number of rotatable bonds is 4. The lowest BCUT2D eigenvalue weighted by Crippen LogP contribution is -2.40. The molecule has 0 heterocycles. The van der Waals surface area contributed by atoms with Crippen LogP contribution in [-0.2, 0) is 11.3 Å². The minimum atomic E-state index is -0.429. The van der Waals surface area contributed by atoms with Crippen molar-refractivity contribution >= 4 is 5.91 Å². The molecule has 1 atom stereocenters. The minimum absolute atomic E-state index is 0.0597. The largest absolute Gasteiger partial charge is 0.508 e. The van der Waals surface area contributed by atoms with Crippen LogP contribution in [0.1, 0.15) is 18.9 Å². The number of carbonyl (C=O) groups is 1. The third-order valence-electron chi connectivity index (χ3n) is 2.49. The van der Waals surface area contributed by atoms with Crippen LogP contribution >= 0.6 is 0 Å². The van der Waals surface area contributed by atoms with E-state index in [9.17, 15) is 4.79 Å². The van der Waals surface area contributed by atoms with E-state index in [1.54, 1.807) is 36.2 Å². The van der Waals surface area contributed by atoms with Gasteiger partial charge in [0.15, 0.2) is 0 Å². The summed E-state index contributed by atoms with van der Waals surface area (Å²) in [5.74, 6) is 0.165. The number of hydrogen-bond acceptors (Lipinski definition) is 3. The van der Waals surface area contributed by atoms with Crippen LogP contribution in [0.4, 0.5) is 0 Å².